The third kappa shape index (κ3) is 7.74. The van der Waals surface area contributed by atoms with Crippen LogP contribution in [0.5, 0.6) is 0 Å². The normalized spacial score (nSPS) is 18.2. The summed E-state index contributed by atoms with van der Waals surface area (Å²) in [7, 11) is 6.56. The predicted molar refractivity (Wildman–Crippen MR) is 75.5 cm³/mol. The lowest BCUT2D eigenvalue weighted by Gasteiger charge is -2.24. The van der Waals surface area contributed by atoms with Gasteiger partial charge in [0.25, 0.3) is 0 Å². The van der Waals surface area contributed by atoms with Gasteiger partial charge in [-0.15, -0.1) is 0 Å². The highest BCUT2D eigenvalue weighted by Gasteiger charge is 2.12. The Morgan fingerprint density at radius 1 is 0.941 bits per heavy atom. The van der Waals surface area contributed by atoms with Crippen molar-refractivity contribution in [3.63, 3.8) is 0 Å². The smallest absolute Gasteiger partial charge is 0.000960 e. The fraction of sp³-hybridized carbons (Fsp3) is 1.00. The van der Waals surface area contributed by atoms with Crippen LogP contribution in [-0.4, -0.2) is 63.7 Å². The molecule has 0 aliphatic carbocycles. The van der Waals surface area contributed by atoms with E-state index in [0.717, 1.165) is 5.92 Å². The van der Waals surface area contributed by atoms with Gasteiger partial charge in [-0.05, 0) is 91.9 Å². The van der Waals surface area contributed by atoms with E-state index in [2.05, 4.69) is 36.3 Å². The third-order valence-electron chi connectivity index (χ3n) is 3.76. The lowest BCUT2D eigenvalue weighted by Crippen LogP contribution is -2.29. The molecular formula is C14H31N3. The van der Waals surface area contributed by atoms with Crippen LogP contribution in [0.15, 0.2) is 0 Å². The highest BCUT2D eigenvalue weighted by molar-refractivity contribution is 4.69. The van der Waals surface area contributed by atoms with Crippen molar-refractivity contribution in [2.75, 3.05) is 53.9 Å². The topological polar surface area (TPSA) is 18.5 Å². The quantitative estimate of drug-likeness (QED) is 0.697. The summed E-state index contributed by atoms with van der Waals surface area (Å²) in [5, 5.41) is 3.44. The van der Waals surface area contributed by atoms with Crippen molar-refractivity contribution in [3.05, 3.63) is 0 Å². The molecule has 0 aromatic heterocycles. The van der Waals surface area contributed by atoms with Crippen LogP contribution in [-0.2, 0) is 0 Å². The highest BCUT2D eigenvalue weighted by atomic mass is 15.1. The molecular weight excluding hydrogens is 210 g/mol. The van der Waals surface area contributed by atoms with E-state index in [4.69, 9.17) is 0 Å². The average molecular weight is 241 g/mol. The Hall–Kier alpha value is -0.120. The molecule has 1 fully saturated rings. The number of nitrogens with one attached hydrogen (secondary N) is 1. The van der Waals surface area contributed by atoms with E-state index >= 15 is 0 Å². The molecule has 1 rings (SSSR count). The Morgan fingerprint density at radius 2 is 1.59 bits per heavy atom. The number of hydrogen-bond donors (Lipinski definition) is 1. The highest BCUT2D eigenvalue weighted by Crippen LogP contribution is 2.17. The minimum atomic E-state index is 0.992. The van der Waals surface area contributed by atoms with Crippen LogP contribution >= 0.6 is 0 Å². The third-order valence-corrected chi connectivity index (χ3v) is 3.76. The second kappa shape index (κ2) is 8.90. The van der Waals surface area contributed by atoms with E-state index in [1.54, 1.807) is 0 Å². The summed E-state index contributed by atoms with van der Waals surface area (Å²) in [6, 6.07) is 0. The molecule has 0 amide bonds. The van der Waals surface area contributed by atoms with E-state index in [0.29, 0.717) is 0 Å². The molecule has 3 heteroatoms. The molecule has 0 saturated carbocycles. The van der Waals surface area contributed by atoms with Crippen LogP contribution in [0.4, 0.5) is 0 Å². The second-order valence-electron chi connectivity index (χ2n) is 5.80. The molecule has 0 spiro atoms. The van der Waals surface area contributed by atoms with E-state index in [-0.39, 0.29) is 0 Å². The van der Waals surface area contributed by atoms with Gasteiger partial charge < -0.3 is 15.1 Å². The van der Waals surface area contributed by atoms with Crippen LogP contribution in [0.2, 0.25) is 0 Å². The van der Waals surface area contributed by atoms with Crippen molar-refractivity contribution in [2.24, 2.45) is 5.92 Å². The van der Waals surface area contributed by atoms with E-state index in [1.807, 2.05) is 0 Å². The first-order valence-corrected chi connectivity index (χ1v) is 7.22. The lowest BCUT2D eigenvalue weighted by molar-refractivity contribution is 0.275. The molecule has 0 aromatic carbocycles. The number of piperidine rings is 1. The summed E-state index contributed by atoms with van der Waals surface area (Å²) in [5.41, 5.74) is 0. The molecule has 0 atom stereocenters. The molecule has 17 heavy (non-hydrogen) atoms. The zero-order valence-corrected chi connectivity index (χ0v) is 12.0. The van der Waals surface area contributed by atoms with Crippen molar-refractivity contribution in [3.8, 4) is 0 Å². The second-order valence-corrected chi connectivity index (χ2v) is 5.80. The first-order chi connectivity index (χ1) is 8.18. The molecule has 1 aliphatic heterocycles. The van der Waals surface area contributed by atoms with Gasteiger partial charge in [0.1, 0.15) is 0 Å². The van der Waals surface area contributed by atoms with Crippen molar-refractivity contribution in [1.82, 2.24) is 15.1 Å². The van der Waals surface area contributed by atoms with Gasteiger partial charge in [0, 0.05) is 0 Å². The maximum Gasteiger partial charge on any atom is -0.000960 e. The van der Waals surface area contributed by atoms with Crippen molar-refractivity contribution >= 4 is 0 Å². The molecule has 3 nitrogen and oxygen atoms in total. The van der Waals surface area contributed by atoms with Crippen molar-refractivity contribution < 1.29 is 0 Å². The standard InChI is InChI=1S/C14H31N3/c1-16(2)11-5-13-17(3)12-4-6-14-7-9-15-10-8-14/h14-15H,4-13H2,1-3H3. The number of hydrogen-bond acceptors (Lipinski definition) is 3. The Labute approximate surface area is 108 Å². The van der Waals surface area contributed by atoms with Gasteiger partial charge in [0.2, 0.25) is 0 Å². The molecule has 0 unspecified atom stereocenters. The van der Waals surface area contributed by atoms with E-state index in [9.17, 15) is 0 Å². The van der Waals surface area contributed by atoms with Gasteiger partial charge >= 0.3 is 0 Å². The van der Waals surface area contributed by atoms with Gasteiger partial charge in [-0.3, -0.25) is 0 Å². The molecule has 0 radical (unpaired) electrons. The molecule has 1 saturated heterocycles. The zero-order chi connectivity index (χ0) is 12.5. The molecule has 1 heterocycles. The lowest BCUT2D eigenvalue weighted by atomic mass is 9.93. The Kier molecular flexibility index (Phi) is 7.82. The summed E-state index contributed by atoms with van der Waals surface area (Å²) >= 11 is 0. The van der Waals surface area contributed by atoms with Crippen LogP contribution in [0.25, 0.3) is 0 Å². The SMILES string of the molecule is CN(C)CCCN(C)CCCC1CCNCC1. The molecule has 1 N–H and O–H groups in total. The molecule has 0 bridgehead atoms. The zero-order valence-electron chi connectivity index (χ0n) is 12.0. The Balaban J connectivity index is 1.93. The van der Waals surface area contributed by atoms with Crippen LogP contribution in [0, 0.1) is 5.92 Å². The van der Waals surface area contributed by atoms with Crippen LogP contribution in [0.1, 0.15) is 32.1 Å². The maximum absolute atomic E-state index is 3.44. The summed E-state index contributed by atoms with van der Waals surface area (Å²) in [6.07, 6.45) is 6.88. The number of nitrogens with zero attached hydrogens (tertiary/aromatic N) is 2. The fourth-order valence-corrected chi connectivity index (χ4v) is 2.59. The summed E-state index contributed by atoms with van der Waals surface area (Å²) < 4.78 is 0. The van der Waals surface area contributed by atoms with Gasteiger partial charge in [0.05, 0.1) is 0 Å². The summed E-state index contributed by atoms with van der Waals surface area (Å²) in [5.74, 6) is 0.992. The first-order valence-electron chi connectivity index (χ1n) is 7.22. The van der Waals surface area contributed by atoms with Gasteiger partial charge in [-0.1, -0.05) is 0 Å². The summed E-state index contributed by atoms with van der Waals surface area (Å²) in [6.45, 7) is 6.20. The Morgan fingerprint density at radius 3 is 2.24 bits per heavy atom. The van der Waals surface area contributed by atoms with Gasteiger partial charge in [0.15, 0.2) is 0 Å². The van der Waals surface area contributed by atoms with Crippen LogP contribution in [0.3, 0.4) is 0 Å². The predicted octanol–water partition coefficient (Wildman–Crippen LogP) is 1.65. The maximum atomic E-state index is 3.44. The first kappa shape index (κ1) is 14.9. The molecule has 1 aliphatic rings. The minimum Gasteiger partial charge on any atom is -0.317 e. The average Bonchev–Trinajstić information content (AvgIpc) is 2.30. The van der Waals surface area contributed by atoms with Gasteiger partial charge in [-0.2, -0.15) is 0 Å². The van der Waals surface area contributed by atoms with E-state index < -0.39 is 0 Å². The fourth-order valence-electron chi connectivity index (χ4n) is 2.59. The molecule has 102 valence electrons. The minimum absolute atomic E-state index is 0.992. The molecule has 0 aromatic rings. The Bertz CT molecular complexity index is 176. The largest absolute Gasteiger partial charge is 0.317 e. The van der Waals surface area contributed by atoms with E-state index in [1.165, 1.54) is 64.8 Å². The van der Waals surface area contributed by atoms with Crippen molar-refractivity contribution in [2.45, 2.75) is 32.1 Å². The van der Waals surface area contributed by atoms with Crippen LogP contribution < -0.4 is 5.32 Å². The summed E-state index contributed by atoms with van der Waals surface area (Å²) in [4.78, 5) is 4.76. The van der Waals surface area contributed by atoms with Gasteiger partial charge in [-0.25, -0.2) is 0 Å². The monoisotopic (exact) mass is 241 g/mol. The van der Waals surface area contributed by atoms with Crippen molar-refractivity contribution in [1.29, 1.82) is 0 Å². The number of rotatable bonds is 8.